The third kappa shape index (κ3) is 2.37. The third-order valence-electron chi connectivity index (χ3n) is 2.23. The van der Waals surface area contributed by atoms with Gasteiger partial charge in [0, 0.05) is 20.6 Å². The number of hydrogen-bond acceptors (Lipinski definition) is 3. The van der Waals surface area contributed by atoms with Gasteiger partial charge >= 0.3 is 0 Å². The number of benzene rings is 1. The summed E-state index contributed by atoms with van der Waals surface area (Å²) in [5, 5.41) is 0. The molecule has 4 nitrogen and oxygen atoms in total. The molecule has 0 radical (unpaired) electrons. The number of nitrogens with zero attached hydrogens (tertiary/aromatic N) is 1. The van der Waals surface area contributed by atoms with Crippen LogP contribution in [0.1, 0.15) is 11.1 Å². The van der Waals surface area contributed by atoms with Crippen LogP contribution in [0.2, 0.25) is 0 Å². The van der Waals surface area contributed by atoms with Gasteiger partial charge < -0.3 is 5.73 Å². The minimum atomic E-state index is -3.34. The van der Waals surface area contributed by atoms with E-state index < -0.39 is 10.0 Å². The molecule has 1 rings (SSSR count). The second-order valence-corrected chi connectivity index (χ2v) is 5.71. The lowest BCUT2D eigenvalue weighted by Crippen LogP contribution is -2.23. The summed E-state index contributed by atoms with van der Waals surface area (Å²) in [4.78, 5) is 0.338. The van der Waals surface area contributed by atoms with Gasteiger partial charge in [-0.1, -0.05) is 12.1 Å². The fraction of sp³-hybridized carbons (Fsp3) is 0.400. The fourth-order valence-corrected chi connectivity index (χ4v) is 2.42. The highest BCUT2D eigenvalue weighted by atomic mass is 32.2. The molecule has 0 aromatic heterocycles. The number of sulfonamides is 1. The van der Waals surface area contributed by atoms with E-state index in [2.05, 4.69) is 0 Å². The van der Waals surface area contributed by atoms with Gasteiger partial charge in [-0.05, 0) is 24.1 Å². The van der Waals surface area contributed by atoms with Gasteiger partial charge in [0.2, 0.25) is 10.0 Å². The first-order valence-corrected chi connectivity index (χ1v) is 6.05. The lowest BCUT2D eigenvalue weighted by Gasteiger charge is -2.14. The Bertz CT molecular complexity index is 452. The molecule has 0 saturated heterocycles. The van der Waals surface area contributed by atoms with Crippen LogP contribution in [0.4, 0.5) is 0 Å². The van der Waals surface area contributed by atoms with Crippen molar-refractivity contribution in [3.63, 3.8) is 0 Å². The van der Waals surface area contributed by atoms with Crippen LogP contribution >= 0.6 is 0 Å². The van der Waals surface area contributed by atoms with Gasteiger partial charge in [-0.2, -0.15) is 0 Å². The van der Waals surface area contributed by atoms with E-state index in [1.165, 1.54) is 18.4 Å². The monoisotopic (exact) mass is 228 g/mol. The Morgan fingerprint density at radius 3 is 2.33 bits per heavy atom. The largest absolute Gasteiger partial charge is 0.326 e. The molecule has 0 unspecified atom stereocenters. The molecular formula is C10H16N2O2S. The molecule has 2 N–H and O–H groups in total. The van der Waals surface area contributed by atoms with E-state index >= 15 is 0 Å². The predicted octanol–water partition coefficient (Wildman–Crippen LogP) is 0.704. The van der Waals surface area contributed by atoms with Crippen molar-refractivity contribution in [2.45, 2.75) is 18.4 Å². The second-order valence-electron chi connectivity index (χ2n) is 3.59. The smallest absolute Gasteiger partial charge is 0.242 e. The van der Waals surface area contributed by atoms with E-state index in [4.69, 9.17) is 5.73 Å². The van der Waals surface area contributed by atoms with Crippen molar-refractivity contribution in [2.24, 2.45) is 5.73 Å². The Balaban J connectivity index is 3.29. The molecule has 0 heterocycles. The summed E-state index contributed by atoms with van der Waals surface area (Å²) < 4.78 is 24.9. The molecule has 0 aliphatic heterocycles. The summed E-state index contributed by atoms with van der Waals surface area (Å²) in [6, 6.07) is 5.15. The molecule has 0 fully saturated rings. The first kappa shape index (κ1) is 12.2. The minimum absolute atomic E-state index is 0.338. The average molecular weight is 228 g/mol. The van der Waals surface area contributed by atoms with Crippen LogP contribution in [0.5, 0.6) is 0 Å². The molecular weight excluding hydrogens is 212 g/mol. The van der Waals surface area contributed by atoms with E-state index in [0.29, 0.717) is 11.4 Å². The van der Waals surface area contributed by atoms with E-state index in [-0.39, 0.29) is 0 Å². The number of nitrogens with two attached hydrogens (primary N) is 1. The lowest BCUT2D eigenvalue weighted by molar-refractivity contribution is 0.520. The lowest BCUT2D eigenvalue weighted by atomic mass is 10.1. The molecule has 1 aromatic rings. The van der Waals surface area contributed by atoms with Gasteiger partial charge in [0.1, 0.15) is 0 Å². The van der Waals surface area contributed by atoms with E-state index in [1.807, 2.05) is 0 Å². The van der Waals surface area contributed by atoms with Crippen molar-refractivity contribution < 1.29 is 8.42 Å². The van der Waals surface area contributed by atoms with Crippen LogP contribution in [-0.4, -0.2) is 26.8 Å². The molecule has 0 amide bonds. The van der Waals surface area contributed by atoms with Gasteiger partial charge in [0.15, 0.2) is 0 Å². The van der Waals surface area contributed by atoms with Gasteiger partial charge in [-0.3, -0.25) is 0 Å². The molecule has 0 spiro atoms. The SMILES string of the molecule is Cc1cc(CN)ccc1S(=O)(=O)N(C)C. The third-order valence-corrected chi connectivity index (χ3v) is 4.21. The van der Waals surface area contributed by atoms with Gasteiger partial charge in [-0.25, -0.2) is 12.7 Å². The van der Waals surface area contributed by atoms with Crippen molar-refractivity contribution in [3.05, 3.63) is 29.3 Å². The maximum atomic E-state index is 11.8. The molecule has 0 bridgehead atoms. The minimum Gasteiger partial charge on any atom is -0.326 e. The van der Waals surface area contributed by atoms with Gasteiger partial charge in [0.25, 0.3) is 0 Å². The van der Waals surface area contributed by atoms with Crippen LogP contribution in [0.3, 0.4) is 0 Å². The Morgan fingerprint density at radius 2 is 1.93 bits per heavy atom. The van der Waals surface area contributed by atoms with Crippen LogP contribution in [0.25, 0.3) is 0 Å². The zero-order valence-corrected chi connectivity index (χ0v) is 10.0. The zero-order chi connectivity index (χ0) is 11.6. The summed E-state index contributed by atoms with van der Waals surface area (Å²) in [6.45, 7) is 2.19. The summed E-state index contributed by atoms with van der Waals surface area (Å²) in [5.41, 5.74) is 7.14. The summed E-state index contributed by atoms with van der Waals surface area (Å²) in [7, 11) is -0.301. The van der Waals surface area contributed by atoms with Crippen LogP contribution in [-0.2, 0) is 16.6 Å². The molecule has 0 aliphatic rings. The van der Waals surface area contributed by atoms with Crippen molar-refractivity contribution in [2.75, 3.05) is 14.1 Å². The fourth-order valence-electron chi connectivity index (χ4n) is 1.32. The molecule has 84 valence electrons. The van der Waals surface area contributed by atoms with E-state index in [1.54, 1.807) is 25.1 Å². The van der Waals surface area contributed by atoms with Crippen molar-refractivity contribution in [1.82, 2.24) is 4.31 Å². The van der Waals surface area contributed by atoms with E-state index in [9.17, 15) is 8.42 Å². The Hall–Kier alpha value is -0.910. The number of rotatable bonds is 3. The maximum absolute atomic E-state index is 11.8. The Morgan fingerprint density at radius 1 is 1.33 bits per heavy atom. The van der Waals surface area contributed by atoms with Crippen LogP contribution < -0.4 is 5.73 Å². The molecule has 0 atom stereocenters. The standard InChI is InChI=1S/C10H16N2O2S/c1-8-6-9(7-11)4-5-10(8)15(13,14)12(2)3/h4-6H,7,11H2,1-3H3. The zero-order valence-electron chi connectivity index (χ0n) is 9.19. The summed E-state index contributed by atoms with van der Waals surface area (Å²) in [6.07, 6.45) is 0. The summed E-state index contributed by atoms with van der Waals surface area (Å²) in [5.74, 6) is 0. The van der Waals surface area contributed by atoms with Crippen LogP contribution in [0, 0.1) is 6.92 Å². The molecule has 1 aromatic carbocycles. The molecule has 5 heteroatoms. The Labute approximate surface area is 90.8 Å². The van der Waals surface area contributed by atoms with Crippen molar-refractivity contribution in [3.8, 4) is 0 Å². The predicted molar refractivity (Wildman–Crippen MR) is 59.9 cm³/mol. The van der Waals surface area contributed by atoms with Gasteiger partial charge in [-0.15, -0.1) is 0 Å². The topological polar surface area (TPSA) is 63.4 Å². The highest BCUT2D eigenvalue weighted by Gasteiger charge is 2.19. The Kier molecular flexibility index (Phi) is 3.49. The van der Waals surface area contributed by atoms with Crippen molar-refractivity contribution >= 4 is 10.0 Å². The molecule has 0 aliphatic carbocycles. The number of aryl methyl sites for hydroxylation is 1. The first-order valence-electron chi connectivity index (χ1n) is 4.61. The normalized spacial score (nSPS) is 12.1. The molecule has 15 heavy (non-hydrogen) atoms. The highest BCUT2D eigenvalue weighted by Crippen LogP contribution is 2.19. The van der Waals surface area contributed by atoms with E-state index in [0.717, 1.165) is 11.1 Å². The van der Waals surface area contributed by atoms with Gasteiger partial charge in [0.05, 0.1) is 4.90 Å². The molecule has 0 saturated carbocycles. The first-order chi connectivity index (χ1) is 6.89. The maximum Gasteiger partial charge on any atom is 0.242 e. The second kappa shape index (κ2) is 4.30. The highest BCUT2D eigenvalue weighted by molar-refractivity contribution is 7.89. The average Bonchev–Trinajstić information content (AvgIpc) is 2.16. The van der Waals surface area contributed by atoms with Crippen molar-refractivity contribution in [1.29, 1.82) is 0 Å². The number of hydrogen-bond donors (Lipinski definition) is 1. The quantitative estimate of drug-likeness (QED) is 0.828. The summed E-state index contributed by atoms with van der Waals surface area (Å²) >= 11 is 0. The van der Waals surface area contributed by atoms with Crippen LogP contribution in [0.15, 0.2) is 23.1 Å².